The van der Waals surface area contributed by atoms with Gasteiger partial charge in [0.05, 0.1) is 13.2 Å². The maximum atomic E-state index is 13.8. The topological polar surface area (TPSA) is 35.5 Å². The lowest BCUT2D eigenvalue weighted by Gasteiger charge is -2.07. The van der Waals surface area contributed by atoms with Gasteiger partial charge in [-0.15, -0.1) is 0 Å². The van der Waals surface area contributed by atoms with Crippen molar-refractivity contribution in [3.05, 3.63) is 112 Å². The van der Waals surface area contributed by atoms with Gasteiger partial charge in [-0.2, -0.15) is 0 Å². The van der Waals surface area contributed by atoms with Crippen molar-refractivity contribution in [2.45, 2.75) is 26.2 Å². The molecule has 0 N–H and O–H groups in total. The zero-order valence-electron chi connectivity index (χ0n) is 21.0. The Kier molecular flexibility index (Phi) is 10.3. The summed E-state index contributed by atoms with van der Waals surface area (Å²) in [5.41, 5.74) is 0.872. The molecule has 3 rings (SSSR count). The first-order valence-corrected chi connectivity index (χ1v) is 11.9. The van der Waals surface area contributed by atoms with Crippen LogP contribution in [-0.4, -0.2) is 19.2 Å². The SMILES string of the molecule is C=C(C)C(=O)OCCCCCOc1ccc(C#Cc2ccc(C#Cc3c(F)c(F)c(F)c(F)c3F)cc2)cc1. The molecule has 0 aromatic heterocycles. The summed E-state index contributed by atoms with van der Waals surface area (Å²) in [4.78, 5) is 11.3. The minimum Gasteiger partial charge on any atom is -0.494 e. The van der Waals surface area contributed by atoms with Gasteiger partial charge in [-0.3, -0.25) is 0 Å². The van der Waals surface area contributed by atoms with Gasteiger partial charge in [0, 0.05) is 22.3 Å². The molecule has 200 valence electrons. The summed E-state index contributed by atoms with van der Waals surface area (Å²) in [6.45, 7) is 6.01. The fourth-order valence-corrected chi connectivity index (χ4v) is 3.12. The van der Waals surface area contributed by atoms with E-state index in [2.05, 4.69) is 24.3 Å². The fourth-order valence-electron chi connectivity index (χ4n) is 3.12. The molecule has 0 saturated carbocycles. The summed E-state index contributed by atoms with van der Waals surface area (Å²) in [7, 11) is 0. The van der Waals surface area contributed by atoms with Crippen LogP contribution in [0.4, 0.5) is 22.0 Å². The summed E-state index contributed by atoms with van der Waals surface area (Å²) >= 11 is 0. The van der Waals surface area contributed by atoms with E-state index in [0.29, 0.717) is 35.7 Å². The zero-order chi connectivity index (χ0) is 28.4. The van der Waals surface area contributed by atoms with E-state index < -0.39 is 34.6 Å². The molecule has 39 heavy (non-hydrogen) atoms. The van der Waals surface area contributed by atoms with Gasteiger partial charge in [-0.25, -0.2) is 26.7 Å². The minimum absolute atomic E-state index is 0.305. The van der Waals surface area contributed by atoms with E-state index in [9.17, 15) is 26.7 Å². The molecular formula is C31H23F5O3. The number of ether oxygens (including phenoxy) is 2. The molecule has 0 amide bonds. The molecule has 0 unspecified atom stereocenters. The Morgan fingerprint density at radius 2 is 1.10 bits per heavy atom. The second kappa shape index (κ2) is 13.8. The third kappa shape index (κ3) is 8.21. The normalized spacial score (nSPS) is 10.1. The second-order valence-electron chi connectivity index (χ2n) is 8.37. The molecule has 0 radical (unpaired) electrons. The van der Waals surface area contributed by atoms with E-state index in [1.54, 1.807) is 31.2 Å². The Hall–Kier alpha value is -4.56. The largest absolute Gasteiger partial charge is 0.494 e. The molecule has 0 aliphatic heterocycles. The van der Waals surface area contributed by atoms with Crippen molar-refractivity contribution < 1.29 is 36.2 Å². The van der Waals surface area contributed by atoms with Crippen LogP contribution in [0.5, 0.6) is 5.75 Å². The number of halogens is 5. The number of benzene rings is 3. The first-order chi connectivity index (χ1) is 18.7. The molecule has 3 nitrogen and oxygen atoms in total. The summed E-state index contributed by atoms with van der Waals surface area (Å²) in [6.07, 6.45) is 2.42. The van der Waals surface area contributed by atoms with Crippen LogP contribution in [0.15, 0.2) is 60.7 Å². The molecular weight excluding hydrogens is 515 g/mol. The van der Waals surface area contributed by atoms with Crippen LogP contribution in [0.1, 0.15) is 48.4 Å². The van der Waals surface area contributed by atoms with Gasteiger partial charge in [0.15, 0.2) is 23.3 Å². The number of unbranched alkanes of at least 4 members (excludes halogenated alkanes) is 2. The number of carbonyl (C=O) groups is 1. The van der Waals surface area contributed by atoms with Crippen LogP contribution < -0.4 is 4.74 Å². The van der Waals surface area contributed by atoms with Crippen molar-refractivity contribution in [2.24, 2.45) is 0 Å². The Morgan fingerprint density at radius 3 is 1.62 bits per heavy atom. The third-order valence-electron chi connectivity index (χ3n) is 5.27. The van der Waals surface area contributed by atoms with Gasteiger partial charge in [0.2, 0.25) is 5.82 Å². The van der Waals surface area contributed by atoms with Crippen molar-refractivity contribution in [3.8, 4) is 29.4 Å². The Labute approximate surface area is 223 Å². The number of hydrogen-bond donors (Lipinski definition) is 0. The van der Waals surface area contributed by atoms with Gasteiger partial charge in [0.1, 0.15) is 11.3 Å². The highest BCUT2D eigenvalue weighted by atomic mass is 19.2. The van der Waals surface area contributed by atoms with Crippen molar-refractivity contribution in [3.63, 3.8) is 0 Å². The molecule has 0 atom stereocenters. The number of rotatable bonds is 8. The lowest BCUT2D eigenvalue weighted by atomic mass is 10.1. The van der Waals surface area contributed by atoms with Crippen LogP contribution in [0.25, 0.3) is 0 Å². The van der Waals surface area contributed by atoms with E-state index in [0.717, 1.165) is 24.8 Å². The van der Waals surface area contributed by atoms with E-state index >= 15 is 0 Å². The predicted octanol–water partition coefficient (Wildman–Crippen LogP) is 6.85. The maximum absolute atomic E-state index is 13.8. The summed E-state index contributed by atoms with van der Waals surface area (Å²) in [5, 5.41) is 0. The minimum atomic E-state index is -2.23. The summed E-state index contributed by atoms with van der Waals surface area (Å²) < 4.78 is 78.0. The van der Waals surface area contributed by atoms with E-state index in [-0.39, 0.29) is 5.97 Å². The number of carbonyl (C=O) groups excluding carboxylic acids is 1. The smallest absolute Gasteiger partial charge is 0.333 e. The summed E-state index contributed by atoms with van der Waals surface area (Å²) in [5.74, 6) is 0.419. The molecule has 3 aromatic carbocycles. The van der Waals surface area contributed by atoms with Crippen molar-refractivity contribution in [1.82, 2.24) is 0 Å². The zero-order valence-corrected chi connectivity index (χ0v) is 21.0. The highest BCUT2D eigenvalue weighted by molar-refractivity contribution is 5.86. The average Bonchev–Trinajstić information content (AvgIpc) is 2.94. The van der Waals surface area contributed by atoms with Gasteiger partial charge in [-0.05, 0) is 74.7 Å². The Bertz CT molecular complexity index is 1440. The van der Waals surface area contributed by atoms with E-state index in [4.69, 9.17) is 9.47 Å². The average molecular weight is 539 g/mol. The Morgan fingerprint density at radius 1 is 0.667 bits per heavy atom. The maximum Gasteiger partial charge on any atom is 0.333 e. The predicted molar refractivity (Wildman–Crippen MR) is 136 cm³/mol. The number of esters is 1. The first kappa shape index (κ1) is 29.0. The molecule has 3 aromatic rings. The quantitative estimate of drug-likeness (QED) is 0.0599. The second-order valence-corrected chi connectivity index (χ2v) is 8.37. The molecule has 0 aliphatic rings. The third-order valence-corrected chi connectivity index (χ3v) is 5.27. The molecule has 0 bridgehead atoms. The summed E-state index contributed by atoms with van der Waals surface area (Å²) in [6, 6.07) is 13.5. The van der Waals surface area contributed by atoms with Crippen LogP contribution in [0.2, 0.25) is 0 Å². The first-order valence-electron chi connectivity index (χ1n) is 11.9. The van der Waals surface area contributed by atoms with Crippen LogP contribution in [-0.2, 0) is 9.53 Å². The van der Waals surface area contributed by atoms with Gasteiger partial charge in [-0.1, -0.05) is 30.3 Å². The van der Waals surface area contributed by atoms with Gasteiger partial charge < -0.3 is 9.47 Å². The van der Waals surface area contributed by atoms with E-state index in [1.165, 1.54) is 12.1 Å². The molecule has 0 heterocycles. The molecule has 0 aliphatic carbocycles. The molecule has 0 fully saturated rings. The van der Waals surface area contributed by atoms with Gasteiger partial charge >= 0.3 is 5.97 Å². The standard InChI is InChI=1S/C31H23F5O3/c1-20(2)31(37)39-19-5-3-4-18-38-24-15-12-23(13-16-24)11-8-21-6-9-22(10-7-21)14-17-25-26(32)28(34)30(36)29(35)27(25)33/h6-7,9-10,12-13,15-16H,1,3-5,18-19H2,2H3. The van der Waals surface area contributed by atoms with Crippen molar-refractivity contribution in [1.29, 1.82) is 0 Å². The molecule has 0 spiro atoms. The molecule has 0 saturated heterocycles. The monoisotopic (exact) mass is 538 g/mol. The van der Waals surface area contributed by atoms with Crippen molar-refractivity contribution in [2.75, 3.05) is 13.2 Å². The fraction of sp³-hybridized carbons (Fsp3) is 0.194. The number of hydrogen-bond acceptors (Lipinski definition) is 3. The lowest BCUT2D eigenvalue weighted by Crippen LogP contribution is -2.06. The van der Waals surface area contributed by atoms with Crippen LogP contribution >= 0.6 is 0 Å². The van der Waals surface area contributed by atoms with Crippen LogP contribution in [0.3, 0.4) is 0 Å². The lowest BCUT2D eigenvalue weighted by molar-refractivity contribution is -0.139. The highest BCUT2D eigenvalue weighted by Gasteiger charge is 2.24. The van der Waals surface area contributed by atoms with Crippen LogP contribution in [0, 0.1) is 52.8 Å². The highest BCUT2D eigenvalue weighted by Crippen LogP contribution is 2.22. The molecule has 8 heteroatoms. The van der Waals surface area contributed by atoms with Crippen molar-refractivity contribution >= 4 is 5.97 Å². The Balaban J connectivity index is 1.50. The van der Waals surface area contributed by atoms with E-state index in [1.807, 2.05) is 18.1 Å². The van der Waals surface area contributed by atoms with Gasteiger partial charge in [0.25, 0.3) is 0 Å².